The summed E-state index contributed by atoms with van der Waals surface area (Å²) >= 11 is 1.60. The first-order valence-electron chi connectivity index (χ1n) is 6.78. The second-order valence-electron chi connectivity index (χ2n) is 5.62. The van der Waals surface area contributed by atoms with Crippen molar-refractivity contribution >= 4 is 22.0 Å². The molecule has 3 rings (SSSR count). The van der Waals surface area contributed by atoms with Crippen LogP contribution in [0.15, 0.2) is 0 Å². The molecule has 18 heavy (non-hydrogen) atoms. The zero-order valence-electron chi connectivity index (χ0n) is 10.8. The normalized spacial score (nSPS) is 21.0. The molecule has 4 heteroatoms. The third-order valence-corrected chi connectivity index (χ3v) is 5.31. The molecule has 0 unspecified atom stereocenters. The van der Waals surface area contributed by atoms with Crippen molar-refractivity contribution in [2.24, 2.45) is 5.92 Å². The molecule has 0 amide bonds. The van der Waals surface area contributed by atoms with E-state index in [1.807, 2.05) is 0 Å². The molecule has 2 aliphatic rings. The molecule has 0 bridgehead atoms. The topological polar surface area (TPSA) is 53.0 Å². The summed E-state index contributed by atoms with van der Waals surface area (Å²) in [6, 6.07) is 2.25. The van der Waals surface area contributed by atoms with Gasteiger partial charge in [0.05, 0.1) is 10.7 Å². The lowest BCUT2D eigenvalue weighted by Gasteiger charge is -2.31. The van der Waals surface area contributed by atoms with E-state index in [1.165, 1.54) is 36.2 Å². The van der Waals surface area contributed by atoms with Gasteiger partial charge >= 0.3 is 0 Å². The maximum atomic E-state index is 9.16. The second-order valence-corrected chi connectivity index (χ2v) is 6.62. The van der Waals surface area contributed by atoms with E-state index < -0.39 is 0 Å². The Balaban J connectivity index is 1.93. The molecule has 3 nitrogen and oxygen atoms in total. The molecule has 2 heterocycles. The van der Waals surface area contributed by atoms with Crippen molar-refractivity contribution < 1.29 is 0 Å². The quantitative estimate of drug-likeness (QED) is 0.888. The first-order chi connectivity index (χ1) is 8.70. The van der Waals surface area contributed by atoms with Crippen LogP contribution < -0.4 is 10.6 Å². The lowest BCUT2D eigenvalue weighted by Crippen LogP contribution is -2.32. The third-order valence-electron chi connectivity index (χ3n) is 4.12. The molecule has 2 N–H and O–H groups in total. The minimum Gasteiger partial charge on any atom is -0.397 e. The molecule has 1 aromatic heterocycles. The van der Waals surface area contributed by atoms with Crippen LogP contribution in [0.4, 0.5) is 10.7 Å². The number of rotatable bonds is 2. The van der Waals surface area contributed by atoms with Gasteiger partial charge in [-0.3, -0.25) is 0 Å². The van der Waals surface area contributed by atoms with Crippen LogP contribution in [0.25, 0.3) is 0 Å². The maximum Gasteiger partial charge on any atom is 0.130 e. The summed E-state index contributed by atoms with van der Waals surface area (Å²) in [6.45, 7) is 4.56. The van der Waals surface area contributed by atoms with Crippen molar-refractivity contribution in [3.63, 3.8) is 0 Å². The third kappa shape index (κ3) is 1.97. The number of piperidine rings is 1. The van der Waals surface area contributed by atoms with Gasteiger partial charge in [-0.15, -0.1) is 11.3 Å². The van der Waals surface area contributed by atoms with Gasteiger partial charge in [0.1, 0.15) is 10.9 Å². The highest BCUT2D eigenvalue weighted by Gasteiger charge is 2.33. The zero-order chi connectivity index (χ0) is 12.7. The molecule has 0 atom stereocenters. The highest BCUT2D eigenvalue weighted by atomic mass is 32.1. The summed E-state index contributed by atoms with van der Waals surface area (Å²) in [4.78, 5) is 3.17. The van der Waals surface area contributed by atoms with Crippen LogP contribution in [0, 0.1) is 17.2 Å². The Labute approximate surface area is 112 Å². The number of nitrogens with two attached hydrogens (primary N) is 1. The van der Waals surface area contributed by atoms with Gasteiger partial charge in [-0.05, 0) is 37.5 Å². The fraction of sp³-hybridized carbons (Fsp3) is 0.643. The van der Waals surface area contributed by atoms with Gasteiger partial charge < -0.3 is 10.6 Å². The number of nitrogen functional groups attached to an aromatic ring is 1. The van der Waals surface area contributed by atoms with Gasteiger partial charge in [-0.2, -0.15) is 5.26 Å². The van der Waals surface area contributed by atoms with E-state index in [9.17, 15) is 0 Å². The predicted molar refractivity (Wildman–Crippen MR) is 76.0 cm³/mol. The van der Waals surface area contributed by atoms with Gasteiger partial charge in [-0.1, -0.05) is 6.92 Å². The Morgan fingerprint density at radius 2 is 1.94 bits per heavy atom. The van der Waals surface area contributed by atoms with Crippen LogP contribution in [0.1, 0.15) is 49.0 Å². The SMILES string of the molecule is CC1CCN(c2sc(C#N)c(N)c2C2CC2)CC1. The van der Waals surface area contributed by atoms with E-state index >= 15 is 0 Å². The summed E-state index contributed by atoms with van der Waals surface area (Å²) < 4.78 is 0. The molecule has 1 aliphatic carbocycles. The largest absolute Gasteiger partial charge is 0.397 e. The molecule has 0 aromatic carbocycles. The van der Waals surface area contributed by atoms with Crippen molar-refractivity contribution in [1.82, 2.24) is 0 Å². The fourth-order valence-corrected chi connectivity index (χ4v) is 3.90. The van der Waals surface area contributed by atoms with E-state index in [4.69, 9.17) is 11.0 Å². The van der Waals surface area contributed by atoms with E-state index in [2.05, 4.69) is 17.9 Å². The number of hydrogen-bond donors (Lipinski definition) is 1. The summed E-state index contributed by atoms with van der Waals surface area (Å²) in [6.07, 6.45) is 4.99. The highest BCUT2D eigenvalue weighted by molar-refractivity contribution is 7.17. The Morgan fingerprint density at radius 3 is 2.50 bits per heavy atom. The molecular weight excluding hydrogens is 242 g/mol. The Kier molecular flexibility index (Phi) is 2.95. The molecule has 0 spiro atoms. The highest BCUT2D eigenvalue weighted by Crippen LogP contribution is 2.52. The summed E-state index contributed by atoms with van der Waals surface area (Å²) in [5.74, 6) is 1.45. The number of anilines is 2. The standard InChI is InChI=1S/C14H19N3S/c1-9-4-6-17(7-5-9)14-12(10-2-3-10)13(16)11(8-15)18-14/h9-10H,2-7,16H2,1H3. The van der Waals surface area contributed by atoms with E-state index in [1.54, 1.807) is 11.3 Å². The molecule has 1 saturated carbocycles. The molecule has 2 fully saturated rings. The summed E-state index contributed by atoms with van der Waals surface area (Å²) in [5, 5.41) is 10.5. The summed E-state index contributed by atoms with van der Waals surface area (Å²) in [7, 11) is 0. The Morgan fingerprint density at radius 1 is 1.28 bits per heavy atom. The molecular formula is C14H19N3S. The molecule has 96 valence electrons. The van der Waals surface area contributed by atoms with Crippen molar-refractivity contribution in [3.05, 3.63) is 10.4 Å². The van der Waals surface area contributed by atoms with E-state index in [0.29, 0.717) is 10.8 Å². The Bertz CT molecular complexity index is 488. The van der Waals surface area contributed by atoms with Crippen molar-refractivity contribution in [1.29, 1.82) is 5.26 Å². The monoisotopic (exact) mass is 261 g/mol. The van der Waals surface area contributed by atoms with Crippen molar-refractivity contribution in [2.75, 3.05) is 23.7 Å². The lowest BCUT2D eigenvalue weighted by molar-refractivity contribution is 0.439. The number of hydrogen-bond acceptors (Lipinski definition) is 4. The van der Waals surface area contributed by atoms with Crippen LogP contribution in [-0.4, -0.2) is 13.1 Å². The van der Waals surface area contributed by atoms with Crippen LogP contribution in [0.3, 0.4) is 0 Å². The van der Waals surface area contributed by atoms with E-state index in [0.717, 1.165) is 24.7 Å². The van der Waals surface area contributed by atoms with Gasteiger partial charge in [0.15, 0.2) is 0 Å². The summed E-state index contributed by atoms with van der Waals surface area (Å²) in [5.41, 5.74) is 8.20. The lowest BCUT2D eigenvalue weighted by atomic mass is 9.99. The van der Waals surface area contributed by atoms with Crippen molar-refractivity contribution in [3.8, 4) is 6.07 Å². The molecule has 1 saturated heterocycles. The van der Waals surface area contributed by atoms with Crippen LogP contribution in [0.5, 0.6) is 0 Å². The van der Waals surface area contributed by atoms with Crippen LogP contribution in [-0.2, 0) is 0 Å². The average molecular weight is 261 g/mol. The van der Waals surface area contributed by atoms with Gasteiger partial charge in [0, 0.05) is 18.7 Å². The van der Waals surface area contributed by atoms with E-state index in [-0.39, 0.29) is 0 Å². The molecule has 1 aliphatic heterocycles. The van der Waals surface area contributed by atoms with Gasteiger partial charge in [0.2, 0.25) is 0 Å². The Hall–Kier alpha value is -1.21. The van der Waals surface area contributed by atoms with Crippen LogP contribution >= 0.6 is 11.3 Å². The maximum absolute atomic E-state index is 9.16. The predicted octanol–water partition coefficient (Wildman–Crippen LogP) is 3.32. The first-order valence-corrected chi connectivity index (χ1v) is 7.59. The molecule has 0 radical (unpaired) electrons. The van der Waals surface area contributed by atoms with Gasteiger partial charge in [-0.25, -0.2) is 0 Å². The van der Waals surface area contributed by atoms with Gasteiger partial charge in [0.25, 0.3) is 0 Å². The minimum atomic E-state index is 0.623. The first kappa shape index (κ1) is 11.9. The molecule has 1 aromatic rings. The minimum absolute atomic E-state index is 0.623. The number of thiophene rings is 1. The average Bonchev–Trinajstić information content (AvgIpc) is 3.15. The number of nitriles is 1. The van der Waals surface area contributed by atoms with Crippen LogP contribution in [0.2, 0.25) is 0 Å². The fourth-order valence-electron chi connectivity index (χ4n) is 2.74. The second kappa shape index (κ2) is 4.47. The zero-order valence-corrected chi connectivity index (χ0v) is 11.6. The van der Waals surface area contributed by atoms with Crippen molar-refractivity contribution in [2.45, 2.75) is 38.5 Å². The smallest absolute Gasteiger partial charge is 0.130 e. The number of nitrogens with zero attached hydrogens (tertiary/aromatic N) is 2.